The van der Waals surface area contributed by atoms with Gasteiger partial charge in [0, 0.05) is 12.1 Å². The molecule has 1 aliphatic heterocycles. The minimum Gasteiger partial charge on any atom is -0.280 e. The Morgan fingerprint density at radius 1 is 1.36 bits per heavy atom. The van der Waals surface area contributed by atoms with E-state index >= 15 is 0 Å². The Kier molecular flexibility index (Phi) is 2.76. The van der Waals surface area contributed by atoms with Crippen molar-refractivity contribution < 1.29 is 4.79 Å². The Labute approximate surface area is 66.1 Å². The summed E-state index contributed by atoms with van der Waals surface area (Å²) in [6.07, 6.45) is 2.34. The van der Waals surface area contributed by atoms with Crippen LogP contribution in [0.3, 0.4) is 0 Å². The van der Waals surface area contributed by atoms with Crippen molar-refractivity contribution in [2.45, 2.75) is 38.6 Å². The van der Waals surface area contributed by atoms with Crippen LogP contribution >= 0.6 is 0 Å². The Bertz CT molecular complexity index is 167. The number of hydrogen-bond acceptors (Lipinski definition) is 4. The van der Waals surface area contributed by atoms with Crippen LogP contribution in [0.15, 0.2) is 4.99 Å². The minimum atomic E-state index is -0.244. The maximum Gasteiger partial charge on any atom is 0.237 e. The van der Waals surface area contributed by atoms with E-state index in [1.165, 1.54) is 6.08 Å². The highest BCUT2D eigenvalue weighted by molar-refractivity contribution is 5.33. The molecule has 0 aromatic carbocycles. The molecule has 1 heterocycles. The van der Waals surface area contributed by atoms with E-state index in [4.69, 9.17) is 0 Å². The lowest BCUT2D eigenvalue weighted by Gasteiger charge is -2.31. The predicted octanol–water partition coefficient (Wildman–Crippen LogP) is -0.0343. The molecule has 1 saturated heterocycles. The molecule has 0 aromatic rings. The molecule has 0 aromatic heterocycles. The normalized spacial score (nSPS) is 37.8. The summed E-state index contributed by atoms with van der Waals surface area (Å²) >= 11 is 0. The molecule has 0 saturated carbocycles. The number of nitrogens with zero attached hydrogens (tertiary/aromatic N) is 1. The van der Waals surface area contributed by atoms with Crippen LogP contribution in [0, 0.1) is 0 Å². The molecule has 0 spiro atoms. The first kappa shape index (κ1) is 8.40. The molecule has 62 valence electrons. The number of hydrogen-bond donors (Lipinski definition) is 2. The number of nitrogens with one attached hydrogen (secondary N) is 2. The van der Waals surface area contributed by atoms with Crippen LogP contribution in [-0.2, 0) is 4.79 Å². The van der Waals surface area contributed by atoms with Crippen molar-refractivity contribution in [3.63, 3.8) is 0 Å². The molecule has 0 radical (unpaired) electrons. The highest BCUT2D eigenvalue weighted by Crippen LogP contribution is 2.04. The van der Waals surface area contributed by atoms with Crippen molar-refractivity contribution in [3.05, 3.63) is 0 Å². The van der Waals surface area contributed by atoms with Crippen molar-refractivity contribution in [3.8, 4) is 0 Å². The smallest absolute Gasteiger partial charge is 0.237 e. The second-order valence-electron chi connectivity index (χ2n) is 2.99. The van der Waals surface area contributed by atoms with Crippen molar-refractivity contribution >= 4 is 6.08 Å². The standard InChI is InChI=1S/C7H13N3O/c1-5-3-6(2)10-7(9-5)8-4-11/h5-7,9-10H,3H2,1-2H3. The summed E-state index contributed by atoms with van der Waals surface area (Å²) in [6.45, 7) is 4.15. The molecule has 11 heavy (non-hydrogen) atoms. The molecule has 0 amide bonds. The topological polar surface area (TPSA) is 53.5 Å². The van der Waals surface area contributed by atoms with Crippen LogP contribution < -0.4 is 10.6 Å². The maximum absolute atomic E-state index is 9.91. The van der Waals surface area contributed by atoms with Gasteiger partial charge < -0.3 is 0 Å². The molecule has 2 unspecified atom stereocenters. The molecule has 1 rings (SSSR count). The Morgan fingerprint density at radius 2 is 1.91 bits per heavy atom. The molecule has 2 N–H and O–H groups in total. The van der Waals surface area contributed by atoms with E-state index in [9.17, 15) is 4.79 Å². The summed E-state index contributed by atoms with van der Waals surface area (Å²) in [5.74, 6) is 0. The SMILES string of the molecule is CC1CC(C)NC(N=C=O)N1. The fraction of sp³-hybridized carbons (Fsp3) is 0.857. The summed E-state index contributed by atoms with van der Waals surface area (Å²) < 4.78 is 0. The number of isocyanates is 1. The van der Waals surface area contributed by atoms with Gasteiger partial charge in [-0.1, -0.05) is 0 Å². The predicted molar refractivity (Wildman–Crippen MR) is 41.7 cm³/mol. The van der Waals surface area contributed by atoms with Crippen molar-refractivity contribution in [1.29, 1.82) is 0 Å². The van der Waals surface area contributed by atoms with Crippen molar-refractivity contribution in [1.82, 2.24) is 10.6 Å². The van der Waals surface area contributed by atoms with Crippen LogP contribution in [0.25, 0.3) is 0 Å². The van der Waals surface area contributed by atoms with Gasteiger partial charge in [0.1, 0.15) is 0 Å². The van der Waals surface area contributed by atoms with E-state index in [1.54, 1.807) is 0 Å². The first-order chi connectivity index (χ1) is 5.22. The summed E-state index contributed by atoms with van der Waals surface area (Å²) in [4.78, 5) is 13.5. The average molecular weight is 155 g/mol. The highest BCUT2D eigenvalue weighted by atomic mass is 16.1. The van der Waals surface area contributed by atoms with Gasteiger partial charge in [0.15, 0.2) is 6.29 Å². The number of carbonyl (C=O) groups excluding carboxylic acids is 1. The second kappa shape index (κ2) is 3.62. The van der Waals surface area contributed by atoms with Crippen LogP contribution in [-0.4, -0.2) is 24.5 Å². The maximum atomic E-state index is 9.91. The zero-order valence-electron chi connectivity index (χ0n) is 6.79. The van der Waals surface area contributed by atoms with Crippen LogP contribution in [0.2, 0.25) is 0 Å². The third kappa shape index (κ3) is 2.42. The fourth-order valence-corrected chi connectivity index (χ4v) is 1.38. The molecule has 2 atom stereocenters. The Hall–Kier alpha value is -0.700. The molecule has 0 bridgehead atoms. The monoisotopic (exact) mass is 155 g/mol. The van der Waals surface area contributed by atoms with Gasteiger partial charge >= 0.3 is 0 Å². The third-order valence-corrected chi connectivity index (χ3v) is 1.77. The van der Waals surface area contributed by atoms with E-state index in [-0.39, 0.29) is 6.29 Å². The largest absolute Gasteiger partial charge is 0.280 e. The molecule has 1 aliphatic rings. The van der Waals surface area contributed by atoms with Gasteiger partial charge in [-0.15, -0.1) is 0 Å². The van der Waals surface area contributed by atoms with Gasteiger partial charge in [0.2, 0.25) is 6.08 Å². The highest BCUT2D eigenvalue weighted by Gasteiger charge is 2.20. The summed E-state index contributed by atoms with van der Waals surface area (Å²) in [5.41, 5.74) is 0. The number of aliphatic imine (C=N–C) groups is 1. The van der Waals surface area contributed by atoms with E-state index in [1.807, 2.05) is 0 Å². The Balaban J connectivity index is 2.49. The summed E-state index contributed by atoms with van der Waals surface area (Å²) in [7, 11) is 0. The Morgan fingerprint density at radius 3 is 2.36 bits per heavy atom. The van der Waals surface area contributed by atoms with Gasteiger partial charge in [-0.05, 0) is 20.3 Å². The zero-order valence-corrected chi connectivity index (χ0v) is 6.79. The molecular formula is C7H13N3O. The van der Waals surface area contributed by atoms with E-state index in [2.05, 4.69) is 29.5 Å². The molecule has 4 nitrogen and oxygen atoms in total. The summed E-state index contributed by atoms with van der Waals surface area (Å²) in [6, 6.07) is 0.821. The quantitative estimate of drug-likeness (QED) is 0.413. The van der Waals surface area contributed by atoms with E-state index in [0.29, 0.717) is 12.1 Å². The fourth-order valence-electron chi connectivity index (χ4n) is 1.38. The van der Waals surface area contributed by atoms with Gasteiger partial charge in [0.25, 0.3) is 0 Å². The lowest BCUT2D eigenvalue weighted by Crippen LogP contribution is -2.55. The van der Waals surface area contributed by atoms with Gasteiger partial charge in [-0.2, -0.15) is 4.99 Å². The molecule has 1 fully saturated rings. The second-order valence-corrected chi connectivity index (χ2v) is 2.99. The van der Waals surface area contributed by atoms with Crippen LogP contribution in [0.4, 0.5) is 0 Å². The lowest BCUT2D eigenvalue weighted by atomic mass is 10.1. The molecule has 4 heteroatoms. The molecule has 0 aliphatic carbocycles. The van der Waals surface area contributed by atoms with Gasteiger partial charge in [-0.25, -0.2) is 4.79 Å². The minimum absolute atomic E-state index is 0.244. The first-order valence-electron chi connectivity index (χ1n) is 3.81. The van der Waals surface area contributed by atoms with E-state index < -0.39 is 0 Å². The first-order valence-corrected chi connectivity index (χ1v) is 3.81. The van der Waals surface area contributed by atoms with Gasteiger partial charge in [0.05, 0.1) is 0 Å². The number of rotatable bonds is 1. The van der Waals surface area contributed by atoms with Crippen LogP contribution in [0.5, 0.6) is 0 Å². The zero-order chi connectivity index (χ0) is 8.27. The lowest BCUT2D eigenvalue weighted by molar-refractivity contribution is 0.268. The van der Waals surface area contributed by atoms with Crippen molar-refractivity contribution in [2.24, 2.45) is 4.99 Å². The van der Waals surface area contributed by atoms with Crippen LogP contribution in [0.1, 0.15) is 20.3 Å². The van der Waals surface area contributed by atoms with Crippen molar-refractivity contribution in [2.75, 3.05) is 0 Å². The summed E-state index contributed by atoms with van der Waals surface area (Å²) in [5, 5.41) is 6.21. The molecular weight excluding hydrogens is 142 g/mol. The van der Waals surface area contributed by atoms with E-state index in [0.717, 1.165) is 6.42 Å². The average Bonchev–Trinajstić information content (AvgIpc) is 1.85. The third-order valence-electron chi connectivity index (χ3n) is 1.77. The van der Waals surface area contributed by atoms with Gasteiger partial charge in [-0.3, -0.25) is 10.6 Å².